The summed E-state index contributed by atoms with van der Waals surface area (Å²) >= 11 is 6.09. The molecule has 1 unspecified atom stereocenters. The predicted molar refractivity (Wildman–Crippen MR) is 132 cm³/mol. The number of Topliss-reactive ketones (excluding diaryl/α,β-unsaturated/α-hetero) is 1. The number of aryl methyl sites for hydroxylation is 1. The molecule has 174 valence electrons. The zero-order valence-corrected chi connectivity index (χ0v) is 19.8. The van der Waals surface area contributed by atoms with Crippen LogP contribution >= 0.6 is 11.6 Å². The highest BCUT2D eigenvalue weighted by Crippen LogP contribution is 2.44. The van der Waals surface area contributed by atoms with Crippen molar-refractivity contribution < 1.29 is 24.2 Å². The van der Waals surface area contributed by atoms with E-state index in [-0.39, 0.29) is 11.3 Å². The van der Waals surface area contributed by atoms with E-state index in [1.807, 2.05) is 19.9 Å². The number of rotatable bonds is 6. The molecule has 0 bridgehead atoms. The van der Waals surface area contributed by atoms with Gasteiger partial charge in [0.2, 0.25) is 0 Å². The number of hydrogen-bond donors (Lipinski definition) is 1. The van der Waals surface area contributed by atoms with E-state index in [0.29, 0.717) is 39.9 Å². The standard InChI is InChI=1S/C27H24ClNO5/c1-4-34-20-7-5-6-19(15-20)29-24(17-9-11-18(28)12-10-17)23(26(31)27(29)32)25(30)21-14-16(2)8-13-22(21)33-3/h5-15,24,30H,4H2,1-3H3/b25-23+. The van der Waals surface area contributed by atoms with Gasteiger partial charge >= 0.3 is 0 Å². The molecule has 4 rings (SSSR count). The number of halogens is 1. The average molecular weight is 478 g/mol. The van der Waals surface area contributed by atoms with Crippen molar-refractivity contribution in [3.63, 3.8) is 0 Å². The summed E-state index contributed by atoms with van der Waals surface area (Å²) in [5.74, 6) is -0.883. The molecule has 1 N–H and O–H groups in total. The third-order valence-corrected chi connectivity index (χ3v) is 5.90. The molecule has 0 aliphatic carbocycles. The van der Waals surface area contributed by atoms with Crippen LogP contribution in [0.15, 0.2) is 72.3 Å². The van der Waals surface area contributed by atoms with E-state index < -0.39 is 17.7 Å². The van der Waals surface area contributed by atoms with E-state index in [9.17, 15) is 14.7 Å². The second-order valence-electron chi connectivity index (χ2n) is 7.85. The minimum atomic E-state index is -0.876. The van der Waals surface area contributed by atoms with E-state index in [1.54, 1.807) is 60.7 Å². The van der Waals surface area contributed by atoms with E-state index in [4.69, 9.17) is 21.1 Å². The zero-order chi connectivity index (χ0) is 24.4. The fourth-order valence-electron chi connectivity index (χ4n) is 4.10. The van der Waals surface area contributed by atoms with Crippen molar-refractivity contribution in [3.05, 3.63) is 94.0 Å². The number of ether oxygens (including phenoxy) is 2. The Bertz CT molecular complexity index is 1280. The highest BCUT2D eigenvalue weighted by molar-refractivity contribution is 6.51. The van der Waals surface area contributed by atoms with Gasteiger partial charge in [0.1, 0.15) is 17.3 Å². The number of aliphatic hydroxyl groups is 1. The molecule has 6 nitrogen and oxygen atoms in total. The third-order valence-electron chi connectivity index (χ3n) is 5.65. The van der Waals surface area contributed by atoms with Crippen LogP contribution in [0.3, 0.4) is 0 Å². The number of benzene rings is 3. The molecule has 1 fully saturated rings. The molecular weight excluding hydrogens is 454 g/mol. The van der Waals surface area contributed by atoms with Gasteiger partial charge in [-0.05, 0) is 55.8 Å². The molecule has 7 heteroatoms. The number of carbonyl (C=O) groups is 2. The summed E-state index contributed by atoms with van der Waals surface area (Å²) in [6.07, 6.45) is 0. The minimum absolute atomic E-state index is 0.0296. The van der Waals surface area contributed by atoms with Crippen LogP contribution < -0.4 is 14.4 Å². The molecule has 0 saturated carbocycles. The third kappa shape index (κ3) is 4.24. The second kappa shape index (κ2) is 9.61. The lowest BCUT2D eigenvalue weighted by Gasteiger charge is -2.26. The summed E-state index contributed by atoms with van der Waals surface area (Å²) in [6.45, 7) is 4.18. The summed E-state index contributed by atoms with van der Waals surface area (Å²) < 4.78 is 11.0. The Labute approximate surface area is 203 Å². The van der Waals surface area contributed by atoms with E-state index in [1.165, 1.54) is 12.0 Å². The van der Waals surface area contributed by atoms with Crippen molar-refractivity contribution in [2.45, 2.75) is 19.9 Å². The second-order valence-corrected chi connectivity index (χ2v) is 8.29. The maximum Gasteiger partial charge on any atom is 0.300 e. The number of ketones is 1. The normalized spacial score (nSPS) is 17.2. The molecule has 3 aromatic carbocycles. The van der Waals surface area contributed by atoms with Crippen LogP contribution in [0.1, 0.15) is 29.7 Å². The van der Waals surface area contributed by atoms with Crippen LogP contribution in [-0.4, -0.2) is 30.5 Å². The highest BCUT2D eigenvalue weighted by Gasteiger charge is 2.47. The first-order valence-corrected chi connectivity index (χ1v) is 11.2. The van der Waals surface area contributed by atoms with Gasteiger partial charge < -0.3 is 14.6 Å². The summed E-state index contributed by atoms with van der Waals surface area (Å²) in [6, 6.07) is 18.2. The molecule has 1 heterocycles. The molecule has 1 saturated heterocycles. The van der Waals surface area contributed by atoms with Crippen LogP contribution in [0, 0.1) is 6.92 Å². The largest absolute Gasteiger partial charge is 0.507 e. The molecule has 3 aromatic rings. The Morgan fingerprint density at radius 2 is 1.79 bits per heavy atom. The molecule has 1 aliphatic heterocycles. The molecule has 1 aliphatic rings. The first kappa shape index (κ1) is 23.4. The Balaban J connectivity index is 1.96. The maximum atomic E-state index is 13.3. The first-order valence-electron chi connectivity index (χ1n) is 10.8. The van der Waals surface area contributed by atoms with Crippen molar-refractivity contribution in [2.75, 3.05) is 18.6 Å². The van der Waals surface area contributed by atoms with Crippen LogP contribution in [0.2, 0.25) is 5.02 Å². The maximum absolute atomic E-state index is 13.3. The number of hydrogen-bond acceptors (Lipinski definition) is 5. The van der Waals surface area contributed by atoms with Crippen LogP contribution in [0.25, 0.3) is 5.76 Å². The van der Waals surface area contributed by atoms with E-state index >= 15 is 0 Å². The van der Waals surface area contributed by atoms with Crippen molar-refractivity contribution in [3.8, 4) is 11.5 Å². The number of aliphatic hydroxyl groups excluding tert-OH is 1. The van der Waals surface area contributed by atoms with Crippen LogP contribution in [-0.2, 0) is 9.59 Å². The first-order chi connectivity index (χ1) is 16.3. The van der Waals surface area contributed by atoms with Crippen LogP contribution in [0.4, 0.5) is 5.69 Å². The topological polar surface area (TPSA) is 76.1 Å². The molecule has 0 radical (unpaired) electrons. The summed E-state index contributed by atoms with van der Waals surface area (Å²) in [5, 5.41) is 11.9. The fourth-order valence-corrected chi connectivity index (χ4v) is 4.23. The lowest BCUT2D eigenvalue weighted by Crippen LogP contribution is -2.29. The van der Waals surface area contributed by atoms with Gasteiger partial charge in [0.05, 0.1) is 30.9 Å². The Hall–Kier alpha value is -3.77. The smallest absolute Gasteiger partial charge is 0.300 e. The Morgan fingerprint density at radius 1 is 1.06 bits per heavy atom. The SMILES string of the molecule is CCOc1cccc(N2C(=O)C(=O)/C(=C(/O)c3cc(C)ccc3OC)C2c2ccc(Cl)cc2)c1. The number of amides is 1. The van der Waals surface area contributed by atoms with Crippen molar-refractivity contribution in [1.29, 1.82) is 0 Å². The molecule has 34 heavy (non-hydrogen) atoms. The Morgan fingerprint density at radius 3 is 2.47 bits per heavy atom. The van der Waals surface area contributed by atoms with Gasteiger partial charge in [-0.25, -0.2) is 0 Å². The molecule has 0 aromatic heterocycles. The van der Waals surface area contributed by atoms with Gasteiger partial charge in [-0.3, -0.25) is 14.5 Å². The average Bonchev–Trinajstić information content (AvgIpc) is 3.10. The quantitative estimate of drug-likeness (QED) is 0.281. The highest BCUT2D eigenvalue weighted by atomic mass is 35.5. The Kier molecular flexibility index (Phi) is 6.61. The number of nitrogens with zero attached hydrogens (tertiary/aromatic N) is 1. The van der Waals surface area contributed by atoms with Gasteiger partial charge in [0, 0.05) is 16.8 Å². The van der Waals surface area contributed by atoms with Crippen molar-refractivity contribution in [2.24, 2.45) is 0 Å². The summed E-state index contributed by atoms with van der Waals surface area (Å²) in [4.78, 5) is 28.0. The summed E-state index contributed by atoms with van der Waals surface area (Å²) in [7, 11) is 1.48. The minimum Gasteiger partial charge on any atom is -0.507 e. The van der Waals surface area contributed by atoms with Gasteiger partial charge in [0.25, 0.3) is 11.7 Å². The van der Waals surface area contributed by atoms with Gasteiger partial charge in [0.15, 0.2) is 0 Å². The summed E-state index contributed by atoms with van der Waals surface area (Å²) in [5.41, 5.74) is 2.27. The molecule has 1 atom stereocenters. The van der Waals surface area contributed by atoms with Crippen molar-refractivity contribution >= 4 is 34.7 Å². The molecule has 0 spiro atoms. The predicted octanol–water partition coefficient (Wildman–Crippen LogP) is 5.68. The van der Waals surface area contributed by atoms with E-state index in [2.05, 4.69) is 0 Å². The molecule has 1 amide bonds. The molecular formula is C27H24ClNO5. The number of methoxy groups -OCH3 is 1. The lowest BCUT2D eigenvalue weighted by atomic mass is 9.94. The van der Waals surface area contributed by atoms with Gasteiger partial charge in [-0.15, -0.1) is 0 Å². The number of anilines is 1. The van der Waals surface area contributed by atoms with Gasteiger partial charge in [-0.1, -0.05) is 41.4 Å². The fraction of sp³-hybridized carbons (Fsp3) is 0.185. The zero-order valence-electron chi connectivity index (χ0n) is 19.0. The van der Waals surface area contributed by atoms with Gasteiger partial charge in [-0.2, -0.15) is 0 Å². The lowest BCUT2D eigenvalue weighted by molar-refractivity contribution is -0.132. The van der Waals surface area contributed by atoms with Crippen LogP contribution in [0.5, 0.6) is 11.5 Å². The monoisotopic (exact) mass is 477 g/mol. The van der Waals surface area contributed by atoms with E-state index in [0.717, 1.165) is 5.56 Å². The van der Waals surface area contributed by atoms with Crippen molar-refractivity contribution in [1.82, 2.24) is 0 Å². The number of carbonyl (C=O) groups excluding carboxylic acids is 2.